The lowest BCUT2D eigenvalue weighted by Crippen LogP contribution is -1.94. The zero-order valence-electron chi connectivity index (χ0n) is 9.26. The average molecular weight is 245 g/mol. The average Bonchev–Trinajstić information content (AvgIpc) is 2.78. The number of aromatic nitrogens is 2. The molecule has 0 saturated carbocycles. The molecule has 0 atom stereocenters. The second kappa shape index (κ2) is 4.55. The Morgan fingerprint density at radius 2 is 2.33 bits per heavy atom. The van der Waals surface area contributed by atoms with Gasteiger partial charge in [-0.15, -0.1) is 0 Å². The van der Waals surface area contributed by atoms with Gasteiger partial charge in [-0.2, -0.15) is 5.10 Å². The van der Waals surface area contributed by atoms with Crippen LogP contribution >= 0.6 is 0 Å². The van der Waals surface area contributed by atoms with E-state index >= 15 is 0 Å². The van der Waals surface area contributed by atoms with E-state index in [2.05, 4.69) is 26.8 Å². The molecule has 0 fully saturated rings. The van der Waals surface area contributed by atoms with Gasteiger partial charge >= 0.3 is 5.97 Å². The molecule has 0 spiro atoms. The molecule has 1 aromatic carbocycles. The highest BCUT2D eigenvalue weighted by molar-refractivity contribution is 5.91. The number of nitrogens with zero attached hydrogens (tertiary/aromatic N) is 2. The topological polar surface area (TPSA) is 98.1 Å². The minimum atomic E-state index is -0.691. The van der Waals surface area contributed by atoms with Crippen molar-refractivity contribution in [2.75, 3.05) is 7.11 Å². The van der Waals surface area contributed by atoms with Gasteiger partial charge < -0.3 is 4.74 Å². The van der Waals surface area contributed by atoms with Crippen LogP contribution in [0.1, 0.15) is 5.69 Å². The van der Waals surface area contributed by atoms with E-state index < -0.39 is 10.9 Å². The van der Waals surface area contributed by atoms with Crippen molar-refractivity contribution >= 4 is 22.6 Å². The Balaban J connectivity index is 2.51. The first-order chi connectivity index (χ1) is 8.61. The van der Waals surface area contributed by atoms with Gasteiger partial charge in [-0.1, -0.05) is 0 Å². The Bertz CT molecular complexity index is 693. The molecule has 0 aliphatic rings. The summed E-state index contributed by atoms with van der Waals surface area (Å²) in [5, 5.41) is 17.7. The molecule has 90 valence electrons. The number of carbonyl (C=O) groups excluding carboxylic acids is 1. The van der Waals surface area contributed by atoms with Gasteiger partial charge in [0.1, 0.15) is 5.69 Å². The number of non-ortho nitro benzene ring substituents is 1. The van der Waals surface area contributed by atoms with Crippen LogP contribution in [0.15, 0.2) is 18.2 Å². The van der Waals surface area contributed by atoms with Gasteiger partial charge in [0.05, 0.1) is 17.5 Å². The molecular weight excluding hydrogens is 238 g/mol. The Morgan fingerprint density at radius 3 is 3.00 bits per heavy atom. The summed E-state index contributed by atoms with van der Waals surface area (Å²) >= 11 is 0. The first-order valence-electron chi connectivity index (χ1n) is 4.84. The summed E-state index contributed by atoms with van der Waals surface area (Å²) in [6.07, 6.45) is 0. The molecule has 0 saturated heterocycles. The summed E-state index contributed by atoms with van der Waals surface area (Å²) in [5.74, 6) is 4.05. The molecule has 0 aliphatic heterocycles. The monoisotopic (exact) mass is 245 g/mol. The van der Waals surface area contributed by atoms with E-state index in [1.807, 2.05) is 0 Å². The Hall–Kier alpha value is -2.88. The molecule has 1 aromatic heterocycles. The fourth-order valence-electron chi connectivity index (χ4n) is 1.37. The molecule has 18 heavy (non-hydrogen) atoms. The number of nitro groups is 1. The number of methoxy groups -OCH3 is 1. The van der Waals surface area contributed by atoms with E-state index in [9.17, 15) is 14.9 Å². The predicted octanol–water partition coefficient (Wildman–Crippen LogP) is 0.996. The van der Waals surface area contributed by atoms with Crippen LogP contribution in [0.4, 0.5) is 5.69 Å². The highest BCUT2D eigenvalue weighted by atomic mass is 16.6. The van der Waals surface area contributed by atoms with E-state index in [1.54, 1.807) is 0 Å². The molecule has 0 aliphatic carbocycles. The van der Waals surface area contributed by atoms with Crippen LogP contribution in [-0.2, 0) is 9.53 Å². The van der Waals surface area contributed by atoms with Crippen LogP contribution < -0.4 is 0 Å². The molecule has 0 amide bonds. The summed E-state index contributed by atoms with van der Waals surface area (Å²) in [4.78, 5) is 21.0. The third-order valence-electron chi connectivity index (χ3n) is 2.22. The largest absolute Gasteiger partial charge is 0.459 e. The van der Waals surface area contributed by atoms with Crippen LogP contribution in [0.5, 0.6) is 0 Å². The first kappa shape index (κ1) is 11.6. The lowest BCUT2D eigenvalue weighted by molar-refractivity contribution is -0.384. The number of carbonyl (C=O) groups is 1. The van der Waals surface area contributed by atoms with Gasteiger partial charge in [0.25, 0.3) is 5.69 Å². The van der Waals surface area contributed by atoms with E-state index in [1.165, 1.54) is 25.3 Å². The normalized spacial score (nSPS) is 9.61. The van der Waals surface area contributed by atoms with Crippen molar-refractivity contribution in [2.24, 2.45) is 0 Å². The standard InChI is InChI=1S/C11H7N3O4/c1-18-11(15)5-4-10-8-6-7(14(16)17)2-3-9(8)12-13-10/h2-3,6H,1H3,(H,12,13). The number of nitro benzene ring substituents is 1. The molecular formula is C11H7N3O4. The molecule has 1 N–H and O–H groups in total. The smallest absolute Gasteiger partial charge is 0.384 e. The van der Waals surface area contributed by atoms with Crippen molar-refractivity contribution in [2.45, 2.75) is 0 Å². The molecule has 2 rings (SSSR count). The Labute approximate surface area is 101 Å². The Kier molecular flexibility index (Phi) is 2.93. The van der Waals surface area contributed by atoms with Crippen molar-refractivity contribution in [1.29, 1.82) is 0 Å². The molecule has 0 unspecified atom stereocenters. The van der Waals surface area contributed by atoms with Crippen LogP contribution in [-0.4, -0.2) is 28.2 Å². The van der Waals surface area contributed by atoms with Crippen LogP contribution in [0.2, 0.25) is 0 Å². The summed E-state index contributed by atoms with van der Waals surface area (Å²) < 4.78 is 4.37. The van der Waals surface area contributed by atoms with Crippen molar-refractivity contribution in [1.82, 2.24) is 10.2 Å². The van der Waals surface area contributed by atoms with Gasteiger partial charge in [0.15, 0.2) is 0 Å². The fourth-order valence-corrected chi connectivity index (χ4v) is 1.37. The van der Waals surface area contributed by atoms with Crippen LogP contribution in [0, 0.1) is 22.0 Å². The molecule has 7 heteroatoms. The van der Waals surface area contributed by atoms with Crippen LogP contribution in [0.3, 0.4) is 0 Å². The molecule has 0 radical (unpaired) electrons. The third kappa shape index (κ3) is 2.12. The van der Waals surface area contributed by atoms with Gasteiger partial charge in [-0.25, -0.2) is 4.79 Å². The van der Waals surface area contributed by atoms with Crippen molar-refractivity contribution in [3.63, 3.8) is 0 Å². The maximum absolute atomic E-state index is 10.9. The van der Waals surface area contributed by atoms with Gasteiger partial charge in [0.2, 0.25) is 0 Å². The lowest BCUT2D eigenvalue weighted by atomic mass is 10.2. The number of aromatic amines is 1. The van der Waals surface area contributed by atoms with E-state index in [0.717, 1.165) is 0 Å². The SMILES string of the molecule is COC(=O)C#Cc1[nH]nc2ccc([N+](=O)[O-])cc12. The van der Waals surface area contributed by atoms with E-state index in [0.29, 0.717) is 16.6 Å². The maximum Gasteiger partial charge on any atom is 0.384 e. The van der Waals surface area contributed by atoms with E-state index in [-0.39, 0.29) is 5.69 Å². The predicted molar refractivity (Wildman–Crippen MR) is 61.6 cm³/mol. The van der Waals surface area contributed by atoms with Crippen molar-refractivity contribution in [3.05, 3.63) is 34.0 Å². The second-order valence-corrected chi connectivity index (χ2v) is 3.30. The zero-order chi connectivity index (χ0) is 13.1. The molecule has 0 bridgehead atoms. The number of benzene rings is 1. The minimum Gasteiger partial charge on any atom is -0.459 e. The minimum absolute atomic E-state index is 0.0648. The van der Waals surface area contributed by atoms with Crippen molar-refractivity contribution in [3.8, 4) is 11.8 Å². The number of hydrogen-bond acceptors (Lipinski definition) is 5. The lowest BCUT2D eigenvalue weighted by Gasteiger charge is -1.91. The van der Waals surface area contributed by atoms with Gasteiger partial charge in [0, 0.05) is 23.4 Å². The molecule has 2 aromatic rings. The number of H-pyrrole nitrogens is 1. The highest BCUT2D eigenvalue weighted by Crippen LogP contribution is 2.21. The quantitative estimate of drug-likeness (QED) is 0.349. The maximum atomic E-state index is 10.9. The number of fused-ring (bicyclic) bond motifs is 1. The first-order valence-corrected chi connectivity index (χ1v) is 4.84. The highest BCUT2D eigenvalue weighted by Gasteiger charge is 2.10. The molecule has 7 nitrogen and oxygen atoms in total. The number of rotatable bonds is 1. The Morgan fingerprint density at radius 1 is 1.56 bits per heavy atom. The number of esters is 1. The van der Waals surface area contributed by atoms with Gasteiger partial charge in [-0.3, -0.25) is 15.2 Å². The van der Waals surface area contributed by atoms with Gasteiger partial charge in [-0.05, 0) is 12.0 Å². The summed E-state index contributed by atoms with van der Waals surface area (Å²) in [5.41, 5.74) is 0.805. The summed E-state index contributed by atoms with van der Waals surface area (Å²) in [6.45, 7) is 0. The van der Waals surface area contributed by atoms with Crippen LogP contribution in [0.25, 0.3) is 10.9 Å². The van der Waals surface area contributed by atoms with E-state index in [4.69, 9.17) is 0 Å². The number of hydrogen-bond donors (Lipinski definition) is 1. The fraction of sp³-hybridized carbons (Fsp3) is 0.0909. The third-order valence-corrected chi connectivity index (χ3v) is 2.22. The number of ether oxygens (including phenoxy) is 1. The molecule has 1 heterocycles. The summed E-state index contributed by atoms with van der Waals surface area (Å²) in [6, 6.07) is 4.20. The zero-order valence-corrected chi connectivity index (χ0v) is 9.26. The summed E-state index contributed by atoms with van der Waals surface area (Å²) in [7, 11) is 1.22. The number of nitrogens with one attached hydrogen (secondary N) is 1. The second-order valence-electron chi connectivity index (χ2n) is 3.30. The van der Waals surface area contributed by atoms with Crippen molar-refractivity contribution < 1.29 is 14.5 Å².